The van der Waals surface area contributed by atoms with Crippen LogP contribution in [0.5, 0.6) is 11.5 Å². The van der Waals surface area contributed by atoms with Crippen molar-refractivity contribution in [2.75, 3.05) is 23.4 Å². The third-order valence-corrected chi connectivity index (χ3v) is 5.83. The van der Waals surface area contributed by atoms with Gasteiger partial charge in [0, 0.05) is 22.8 Å². The summed E-state index contributed by atoms with van der Waals surface area (Å²) in [5.41, 5.74) is 0.702. The van der Waals surface area contributed by atoms with Gasteiger partial charge in [0.15, 0.2) is 22.4 Å². The molecule has 3 aromatic rings. The van der Waals surface area contributed by atoms with E-state index in [9.17, 15) is 14.3 Å². The van der Waals surface area contributed by atoms with E-state index < -0.39 is 17.3 Å². The lowest BCUT2D eigenvalue weighted by atomic mass is 10.1. The largest absolute Gasteiger partial charge is 0.488 e. The van der Waals surface area contributed by atoms with Crippen molar-refractivity contribution in [3.63, 3.8) is 0 Å². The number of aromatic nitrogens is 1. The Morgan fingerprint density at radius 2 is 2.15 bits per heavy atom. The van der Waals surface area contributed by atoms with Crippen LogP contribution in [0.25, 0.3) is 0 Å². The van der Waals surface area contributed by atoms with Crippen LogP contribution in [0.3, 0.4) is 0 Å². The number of thiazole rings is 1. The highest BCUT2D eigenvalue weighted by Crippen LogP contribution is 2.42. The summed E-state index contributed by atoms with van der Waals surface area (Å²) in [6, 6.07) is 9.18. The van der Waals surface area contributed by atoms with E-state index in [0.717, 1.165) is 4.88 Å². The smallest absolute Gasteiger partial charge is 0.259 e. The third-order valence-electron chi connectivity index (χ3n) is 4.92. The van der Waals surface area contributed by atoms with E-state index in [0.29, 0.717) is 27.8 Å². The number of aliphatic hydroxyl groups is 1. The summed E-state index contributed by atoms with van der Waals surface area (Å²) in [6.45, 7) is 7.52. The van der Waals surface area contributed by atoms with Gasteiger partial charge in [-0.15, -0.1) is 11.3 Å². The number of hydrogen-bond donors (Lipinski definition) is 2. The molecule has 1 amide bonds. The molecular weight excluding hydrogens is 445 g/mol. The number of halogens is 1. The van der Waals surface area contributed by atoms with Gasteiger partial charge >= 0.3 is 0 Å². The lowest BCUT2D eigenvalue weighted by molar-refractivity contribution is 0.102. The molecule has 174 valence electrons. The molecule has 0 aliphatic carbocycles. The molecule has 4 rings (SSSR count). The van der Waals surface area contributed by atoms with Crippen molar-refractivity contribution in [3.8, 4) is 11.5 Å². The van der Waals surface area contributed by atoms with Crippen LogP contribution < -0.4 is 19.7 Å². The molecule has 0 unspecified atom stereocenters. The van der Waals surface area contributed by atoms with Crippen molar-refractivity contribution in [3.05, 3.63) is 58.9 Å². The molecule has 0 saturated heterocycles. The molecule has 1 aliphatic heterocycles. The molecule has 0 radical (unpaired) electrons. The predicted molar refractivity (Wildman–Crippen MR) is 127 cm³/mol. The molecule has 7 nitrogen and oxygen atoms in total. The Hall–Kier alpha value is -3.17. The second kappa shape index (κ2) is 8.99. The van der Waals surface area contributed by atoms with Crippen molar-refractivity contribution >= 4 is 33.8 Å². The van der Waals surface area contributed by atoms with Crippen LogP contribution in [-0.4, -0.2) is 40.9 Å². The van der Waals surface area contributed by atoms with Crippen LogP contribution in [-0.2, 0) is 0 Å². The van der Waals surface area contributed by atoms with Gasteiger partial charge in [0.25, 0.3) is 5.91 Å². The number of nitrogens with one attached hydrogen (secondary N) is 1. The van der Waals surface area contributed by atoms with Crippen LogP contribution >= 0.6 is 11.3 Å². The van der Waals surface area contributed by atoms with Gasteiger partial charge in [-0.25, -0.2) is 9.37 Å². The Balaban J connectivity index is 1.62. The zero-order chi connectivity index (χ0) is 23.8. The number of benzene rings is 2. The van der Waals surface area contributed by atoms with Crippen molar-refractivity contribution in [2.24, 2.45) is 0 Å². The second-order valence-corrected chi connectivity index (χ2v) is 9.95. The average Bonchev–Trinajstić information content (AvgIpc) is 3.19. The number of amides is 1. The number of hydrogen-bond acceptors (Lipinski definition) is 7. The standard InChI is InChI=1S/C24H26FN3O4S/c1-14-11-26-23(33-14)28-16(12-29)13-31-21-17(6-5-7-19(21)28)22(30)27-15-8-9-20(18(25)10-15)32-24(2,3)4/h5-11,16,29H,12-13H2,1-4H3,(H,27,30)/t16-/m0/s1. The first kappa shape index (κ1) is 23.0. The lowest BCUT2D eigenvalue weighted by Gasteiger charge is -2.36. The van der Waals surface area contributed by atoms with Gasteiger partial charge in [-0.3, -0.25) is 4.79 Å². The monoisotopic (exact) mass is 471 g/mol. The quantitative estimate of drug-likeness (QED) is 0.550. The molecule has 2 heterocycles. The van der Waals surface area contributed by atoms with Crippen molar-refractivity contribution < 1.29 is 23.8 Å². The molecule has 1 aliphatic rings. The van der Waals surface area contributed by atoms with Crippen molar-refractivity contribution in [1.29, 1.82) is 0 Å². The van der Waals surface area contributed by atoms with Crippen LogP contribution in [0.4, 0.5) is 20.9 Å². The maximum absolute atomic E-state index is 14.5. The predicted octanol–water partition coefficient (Wildman–Crippen LogP) is 4.91. The number of carbonyl (C=O) groups excluding carboxylic acids is 1. The van der Waals surface area contributed by atoms with E-state index in [1.165, 1.54) is 23.5 Å². The van der Waals surface area contributed by atoms with E-state index in [4.69, 9.17) is 9.47 Å². The summed E-state index contributed by atoms with van der Waals surface area (Å²) < 4.78 is 26.0. The number of rotatable bonds is 5. The summed E-state index contributed by atoms with van der Waals surface area (Å²) >= 11 is 1.49. The van der Waals surface area contributed by atoms with Crippen LogP contribution in [0.2, 0.25) is 0 Å². The molecule has 1 atom stereocenters. The van der Waals surface area contributed by atoms with E-state index in [1.807, 2.05) is 38.7 Å². The Kier molecular flexibility index (Phi) is 6.27. The van der Waals surface area contributed by atoms with Crippen LogP contribution in [0.1, 0.15) is 36.0 Å². The first-order chi connectivity index (χ1) is 15.7. The fourth-order valence-corrected chi connectivity index (χ4v) is 4.38. The van der Waals surface area contributed by atoms with Gasteiger partial charge in [0.2, 0.25) is 0 Å². The number of fused-ring (bicyclic) bond motifs is 1. The highest BCUT2D eigenvalue weighted by molar-refractivity contribution is 7.15. The van der Waals surface area contributed by atoms with Gasteiger partial charge in [-0.2, -0.15) is 0 Å². The Morgan fingerprint density at radius 1 is 1.36 bits per heavy atom. The van der Waals surface area contributed by atoms with E-state index in [-0.39, 0.29) is 25.0 Å². The summed E-state index contributed by atoms with van der Waals surface area (Å²) in [4.78, 5) is 20.5. The molecule has 2 N–H and O–H groups in total. The number of aliphatic hydroxyl groups excluding tert-OH is 1. The molecule has 0 bridgehead atoms. The molecule has 1 aromatic heterocycles. The highest BCUT2D eigenvalue weighted by atomic mass is 32.1. The summed E-state index contributed by atoms with van der Waals surface area (Å²) in [5, 5.41) is 13.3. The summed E-state index contributed by atoms with van der Waals surface area (Å²) in [7, 11) is 0. The van der Waals surface area contributed by atoms with E-state index in [2.05, 4.69) is 10.3 Å². The van der Waals surface area contributed by atoms with Gasteiger partial charge in [0.1, 0.15) is 12.2 Å². The number of aryl methyl sites for hydroxylation is 1. The number of anilines is 3. The van der Waals surface area contributed by atoms with Crippen molar-refractivity contribution in [1.82, 2.24) is 4.98 Å². The molecule has 0 spiro atoms. The van der Waals surface area contributed by atoms with Gasteiger partial charge in [-0.1, -0.05) is 6.07 Å². The van der Waals surface area contributed by atoms with Gasteiger partial charge < -0.3 is 24.8 Å². The molecule has 0 saturated carbocycles. The molecule has 0 fully saturated rings. The minimum Gasteiger partial charge on any atom is -0.488 e. The van der Waals surface area contributed by atoms with E-state index in [1.54, 1.807) is 24.4 Å². The van der Waals surface area contributed by atoms with Gasteiger partial charge in [-0.05, 0) is 52.0 Å². The third kappa shape index (κ3) is 4.94. The fourth-order valence-electron chi connectivity index (χ4n) is 3.53. The minimum absolute atomic E-state index is 0.116. The first-order valence-corrected chi connectivity index (χ1v) is 11.4. The SMILES string of the molecule is Cc1cnc(N2c3cccc(C(=O)Nc4ccc(OC(C)(C)C)c(F)c4)c3OC[C@@H]2CO)s1. The highest BCUT2D eigenvalue weighted by Gasteiger charge is 2.33. The molecule has 9 heteroatoms. The lowest BCUT2D eigenvalue weighted by Crippen LogP contribution is -2.42. The topological polar surface area (TPSA) is 83.9 Å². The summed E-state index contributed by atoms with van der Waals surface area (Å²) in [6.07, 6.45) is 1.77. The molecular formula is C24H26FN3O4S. The zero-order valence-electron chi connectivity index (χ0n) is 18.9. The van der Waals surface area contributed by atoms with Gasteiger partial charge in [0.05, 0.1) is 23.9 Å². The first-order valence-electron chi connectivity index (χ1n) is 10.5. The number of ether oxygens (including phenoxy) is 2. The Morgan fingerprint density at radius 3 is 2.79 bits per heavy atom. The average molecular weight is 472 g/mol. The maximum atomic E-state index is 14.5. The van der Waals surface area contributed by atoms with E-state index >= 15 is 0 Å². The maximum Gasteiger partial charge on any atom is 0.259 e. The number of carbonyl (C=O) groups is 1. The Bertz CT molecular complexity index is 1170. The fraction of sp³-hybridized carbons (Fsp3) is 0.333. The van der Waals surface area contributed by atoms with Crippen LogP contribution in [0.15, 0.2) is 42.6 Å². The number of nitrogens with zero attached hydrogens (tertiary/aromatic N) is 2. The second-order valence-electron chi connectivity index (χ2n) is 8.74. The molecule has 33 heavy (non-hydrogen) atoms. The van der Waals surface area contributed by atoms with Crippen molar-refractivity contribution in [2.45, 2.75) is 39.3 Å². The van der Waals surface area contributed by atoms with Crippen LogP contribution in [0, 0.1) is 12.7 Å². The molecule has 2 aromatic carbocycles. The zero-order valence-corrected chi connectivity index (χ0v) is 19.7. The normalized spacial score (nSPS) is 15.6. The summed E-state index contributed by atoms with van der Waals surface area (Å²) in [5.74, 6) is -0.496. The Labute approximate surface area is 195 Å². The minimum atomic E-state index is -0.565. The number of para-hydroxylation sites is 1.